The average Bonchev–Trinajstić information content (AvgIpc) is 3.06. The van der Waals surface area contributed by atoms with Crippen molar-refractivity contribution in [3.63, 3.8) is 0 Å². The van der Waals surface area contributed by atoms with Crippen LogP contribution in [-0.4, -0.2) is 0 Å². The van der Waals surface area contributed by atoms with Gasteiger partial charge in [0, 0.05) is 5.41 Å². The fourth-order valence-electron chi connectivity index (χ4n) is 6.37. The molecule has 4 heteroatoms. The molecule has 0 saturated carbocycles. The second-order valence-electron chi connectivity index (χ2n) is 12.4. The van der Waals surface area contributed by atoms with Gasteiger partial charge in [-0.3, -0.25) is 0 Å². The molecule has 0 aliphatic carbocycles. The monoisotopic (exact) mass is 606 g/mol. The van der Waals surface area contributed by atoms with Crippen molar-refractivity contribution in [2.75, 3.05) is 11.5 Å². The SMILES string of the molecule is CCCCCCCCC(CCCCCCCC)(c1ccc(Oc2ccccc2N)cc1)c1ccc(Oc2ccccc2N)cc1. The lowest BCUT2D eigenvalue weighted by atomic mass is 9.68. The molecule has 0 aliphatic heterocycles. The van der Waals surface area contributed by atoms with Gasteiger partial charge in [-0.1, -0.05) is 139 Å². The van der Waals surface area contributed by atoms with Gasteiger partial charge in [-0.05, 0) is 72.5 Å². The Balaban J connectivity index is 1.63. The molecule has 240 valence electrons. The van der Waals surface area contributed by atoms with Crippen molar-refractivity contribution in [1.82, 2.24) is 0 Å². The zero-order valence-electron chi connectivity index (χ0n) is 27.6. The van der Waals surface area contributed by atoms with Crippen LogP contribution in [0.2, 0.25) is 0 Å². The molecule has 4 aromatic carbocycles. The highest BCUT2D eigenvalue weighted by atomic mass is 16.5. The minimum atomic E-state index is -0.0931. The summed E-state index contributed by atoms with van der Waals surface area (Å²) in [5, 5.41) is 0. The van der Waals surface area contributed by atoms with E-state index in [0.29, 0.717) is 22.9 Å². The number of anilines is 2. The van der Waals surface area contributed by atoms with E-state index in [2.05, 4.69) is 62.4 Å². The number of hydrogen-bond donors (Lipinski definition) is 2. The van der Waals surface area contributed by atoms with Gasteiger partial charge in [-0.15, -0.1) is 0 Å². The van der Waals surface area contributed by atoms with Crippen LogP contribution in [0.3, 0.4) is 0 Å². The highest BCUT2D eigenvalue weighted by molar-refractivity contribution is 5.55. The van der Waals surface area contributed by atoms with Crippen LogP contribution in [0.25, 0.3) is 0 Å². The van der Waals surface area contributed by atoms with Crippen LogP contribution >= 0.6 is 0 Å². The molecule has 4 nitrogen and oxygen atoms in total. The maximum atomic E-state index is 6.18. The molecule has 4 N–H and O–H groups in total. The van der Waals surface area contributed by atoms with E-state index in [0.717, 1.165) is 24.3 Å². The quantitative estimate of drug-likeness (QED) is 0.0775. The van der Waals surface area contributed by atoms with E-state index in [4.69, 9.17) is 20.9 Å². The van der Waals surface area contributed by atoms with Crippen LogP contribution in [-0.2, 0) is 5.41 Å². The Morgan fingerprint density at radius 1 is 0.444 bits per heavy atom. The molecule has 0 heterocycles. The fourth-order valence-corrected chi connectivity index (χ4v) is 6.37. The molecule has 0 spiro atoms. The van der Waals surface area contributed by atoms with Crippen molar-refractivity contribution in [2.24, 2.45) is 0 Å². The second kappa shape index (κ2) is 18.1. The Hall–Kier alpha value is -3.92. The van der Waals surface area contributed by atoms with Gasteiger partial charge in [-0.2, -0.15) is 0 Å². The highest BCUT2D eigenvalue weighted by Gasteiger charge is 2.33. The molecule has 4 aromatic rings. The summed E-state index contributed by atoms with van der Waals surface area (Å²) in [4.78, 5) is 0. The smallest absolute Gasteiger partial charge is 0.150 e. The molecule has 0 aliphatic rings. The lowest BCUT2D eigenvalue weighted by Gasteiger charge is -2.36. The normalized spacial score (nSPS) is 11.4. The Morgan fingerprint density at radius 2 is 0.800 bits per heavy atom. The molecule has 0 amide bonds. The van der Waals surface area contributed by atoms with Crippen LogP contribution in [0.1, 0.15) is 115 Å². The number of unbranched alkanes of at least 4 members (excludes halogenated alkanes) is 10. The zero-order valence-corrected chi connectivity index (χ0v) is 27.6. The molecule has 0 aromatic heterocycles. The lowest BCUT2D eigenvalue weighted by Crippen LogP contribution is -2.28. The van der Waals surface area contributed by atoms with Gasteiger partial charge in [-0.25, -0.2) is 0 Å². The van der Waals surface area contributed by atoms with Crippen LogP contribution in [0, 0.1) is 0 Å². The lowest BCUT2D eigenvalue weighted by molar-refractivity contribution is 0.389. The summed E-state index contributed by atoms with van der Waals surface area (Å²) in [5.41, 5.74) is 16.2. The van der Waals surface area contributed by atoms with Crippen LogP contribution in [0.15, 0.2) is 97.1 Å². The Labute approximate surface area is 272 Å². The second-order valence-corrected chi connectivity index (χ2v) is 12.4. The number of nitrogens with two attached hydrogens (primary N) is 2. The van der Waals surface area contributed by atoms with Crippen LogP contribution in [0.5, 0.6) is 23.0 Å². The predicted octanol–water partition coefficient (Wildman–Crippen LogP) is 12.2. The van der Waals surface area contributed by atoms with E-state index >= 15 is 0 Å². The molecule has 0 fully saturated rings. The Morgan fingerprint density at radius 3 is 1.18 bits per heavy atom. The van der Waals surface area contributed by atoms with E-state index in [-0.39, 0.29) is 5.41 Å². The first kappa shape index (κ1) is 34.0. The van der Waals surface area contributed by atoms with E-state index in [9.17, 15) is 0 Å². The summed E-state index contributed by atoms with van der Waals surface area (Å²) >= 11 is 0. The van der Waals surface area contributed by atoms with Crippen LogP contribution < -0.4 is 20.9 Å². The third-order valence-electron chi connectivity index (χ3n) is 9.02. The highest BCUT2D eigenvalue weighted by Crippen LogP contribution is 2.44. The Kier molecular flexibility index (Phi) is 13.7. The van der Waals surface area contributed by atoms with Crippen molar-refractivity contribution in [3.05, 3.63) is 108 Å². The van der Waals surface area contributed by atoms with E-state index in [1.807, 2.05) is 48.5 Å². The summed E-state index contributed by atoms with van der Waals surface area (Å²) in [6.07, 6.45) is 17.6. The van der Waals surface area contributed by atoms with Crippen molar-refractivity contribution in [2.45, 2.75) is 109 Å². The summed E-state index contributed by atoms with van der Waals surface area (Å²) in [5.74, 6) is 2.97. The molecule has 0 unspecified atom stereocenters. The molecule has 0 bridgehead atoms. The van der Waals surface area contributed by atoms with Gasteiger partial charge in [0.25, 0.3) is 0 Å². The third-order valence-corrected chi connectivity index (χ3v) is 9.02. The third kappa shape index (κ3) is 10.0. The van der Waals surface area contributed by atoms with Gasteiger partial charge in [0.1, 0.15) is 23.0 Å². The number of ether oxygens (including phenoxy) is 2. The van der Waals surface area contributed by atoms with Gasteiger partial charge < -0.3 is 20.9 Å². The standard InChI is InChI=1S/C41H54N2O2/c1-3-5-7-9-11-17-31-41(32-18-12-10-8-6-4-2,33-23-27-35(28-24-33)44-39-21-15-13-19-37(39)42)34-25-29-36(30-26-34)45-40-22-16-14-20-38(40)43/h13-16,19-30H,3-12,17-18,31-32,42-43H2,1-2H3. The first-order valence-corrected chi connectivity index (χ1v) is 17.3. The maximum absolute atomic E-state index is 6.18. The van der Waals surface area contributed by atoms with Crippen molar-refractivity contribution in [1.29, 1.82) is 0 Å². The predicted molar refractivity (Wildman–Crippen MR) is 192 cm³/mol. The zero-order chi connectivity index (χ0) is 31.7. The first-order chi connectivity index (χ1) is 22.1. The van der Waals surface area contributed by atoms with E-state index in [1.54, 1.807) is 0 Å². The van der Waals surface area contributed by atoms with Crippen molar-refractivity contribution < 1.29 is 9.47 Å². The molecule has 0 radical (unpaired) electrons. The molecule has 0 atom stereocenters. The van der Waals surface area contributed by atoms with Gasteiger partial charge >= 0.3 is 0 Å². The van der Waals surface area contributed by atoms with Crippen molar-refractivity contribution in [3.8, 4) is 23.0 Å². The summed E-state index contributed by atoms with van der Waals surface area (Å²) in [7, 11) is 0. The van der Waals surface area contributed by atoms with Gasteiger partial charge in [0.2, 0.25) is 0 Å². The Bertz CT molecular complexity index is 1290. The summed E-state index contributed by atoms with van der Waals surface area (Å²) in [6, 6.07) is 32.8. The summed E-state index contributed by atoms with van der Waals surface area (Å²) < 4.78 is 12.4. The van der Waals surface area contributed by atoms with Crippen LogP contribution in [0.4, 0.5) is 11.4 Å². The number of nitrogen functional groups attached to an aromatic ring is 2. The molecular formula is C41H54N2O2. The molecule has 45 heavy (non-hydrogen) atoms. The topological polar surface area (TPSA) is 70.5 Å². The van der Waals surface area contributed by atoms with E-state index < -0.39 is 0 Å². The number of rotatable bonds is 20. The number of para-hydroxylation sites is 4. The molecule has 4 rings (SSSR count). The van der Waals surface area contributed by atoms with Gasteiger partial charge in [0.15, 0.2) is 0 Å². The average molecular weight is 607 g/mol. The minimum Gasteiger partial charge on any atom is -0.455 e. The molecular weight excluding hydrogens is 552 g/mol. The first-order valence-electron chi connectivity index (χ1n) is 17.3. The summed E-state index contributed by atoms with van der Waals surface area (Å²) in [6.45, 7) is 4.56. The number of benzene rings is 4. The molecule has 0 saturated heterocycles. The minimum absolute atomic E-state index is 0.0931. The van der Waals surface area contributed by atoms with E-state index in [1.165, 1.54) is 88.2 Å². The van der Waals surface area contributed by atoms with Gasteiger partial charge in [0.05, 0.1) is 11.4 Å². The fraction of sp³-hybridized carbons (Fsp3) is 0.415. The number of hydrogen-bond acceptors (Lipinski definition) is 4. The largest absolute Gasteiger partial charge is 0.455 e. The maximum Gasteiger partial charge on any atom is 0.150 e. The van der Waals surface area contributed by atoms with Crippen molar-refractivity contribution >= 4 is 11.4 Å².